The number of aliphatic imine (C=N–C) groups is 1. The maximum Gasteiger partial charge on any atom is 0.311 e. The average Bonchev–Trinajstić information content (AvgIpc) is 3.96. The number of nitrogens with zero attached hydrogens (tertiary/aromatic N) is 2. The SMILES string of the molecule is CC/C(=C(/c1ccc(OCCN(C)C)cc1)c1ccc(OC(=O)CCCCC(=O)c2c(C)[nH]c(/C=C3\N=C(c4ccc[nH]4)C=C3OC)c2C)cc1)c1ccccc1. The van der Waals surface area contributed by atoms with Crippen LogP contribution in [0.25, 0.3) is 17.2 Å². The first-order chi connectivity index (χ1) is 27.6. The summed E-state index contributed by atoms with van der Waals surface area (Å²) in [5.74, 6) is 1.69. The quantitative estimate of drug-likeness (QED) is 0.0302. The number of allylic oxidation sites excluding steroid dienone is 2. The van der Waals surface area contributed by atoms with E-state index >= 15 is 0 Å². The van der Waals surface area contributed by atoms with Crippen LogP contribution in [0.3, 0.4) is 0 Å². The molecule has 0 saturated heterocycles. The minimum atomic E-state index is -0.324. The maximum atomic E-state index is 13.4. The van der Waals surface area contributed by atoms with Gasteiger partial charge in [-0.2, -0.15) is 0 Å². The van der Waals surface area contributed by atoms with E-state index in [0.717, 1.165) is 69.3 Å². The number of rotatable bonds is 18. The van der Waals surface area contributed by atoms with Crippen molar-refractivity contribution in [2.24, 2.45) is 4.99 Å². The Morgan fingerprint density at radius 1 is 0.825 bits per heavy atom. The molecule has 2 N–H and O–H groups in total. The van der Waals surface area contributed by atoms with Crippen molar-refractivity contribution in [2.75, 3.05) is 34.4 Å². The Kier molecular flexibility index (Phi) is 13.6. The summed E-state index contributed by atoms with van der Waals surface area (Å²) in [5.41, 5.74) is 11.1. The van der Waals surface area contributed by atoms with Crippen LogP contribution in [0.1, 0.15) is 88.7 Å². The van der Waals surface area contributed by atoms with Gasteiger partial charge in [-0.15, -0.1) is 0 Å². The van der Waals surface area contributed by atoms with Crippen molar-refractivity contribution in [3.05, 3.63) is 160 Å². The van der Waals surface area contributed by atoms with Crippen molar-refractivity contribution in [3.63, 3.8) is 0 Å². The van der Waals surface area contributed by atoms with Crippen LogP contribution in [0.2, 0.25) is 0 Å². The normalized spacial score (nSPS) is 13.7. The summed E-state index contributed by atoms with van der Waals surface area (Å²) >= 11 is 0. The average molecular weight is 765 g/mol. The number of ketones is 1. The van der Waals surface area contributed by atoms with Gasteiger partial charge in [0.05, 0.1) is 18.5 Å². The van der Waals surface area contributed by atoms with Crippen LogP contribution in [-0.4, -0.2) is 66.7 Å². The molecule has 0 spiro atoms. The molecule has 0 bridgehead atoms. The number of hydrogen-bond donors (Lipinski definition) is 2. The van der Waals surface area contributed by atoms with Gasteiger partial charge in [-0.05, 0) is 123 Å². The Hall–Kier alpha value is -6.19. The molecule has 0 aliphatic carbocycles. The minimum Gasteiger partial charge on any atom is -0.494 e. The molecule has 2 aromatic heterocycles. The van der Waals surface area contributed by atoms with Crippen molar-refractivity contribution in [1.29, 1.82) is 0 Å². The van der Waals surface area contributed by atoms with Gasteiger partial charge < -0.3 is 29.1 Å². The van der Waals surface area contributed by atoms with E-state index in [2.05, 4.69) is 58.2 Å². The predicted octanol–water partition coefficient (Wildman–Crippen LogP) is 9.99. The largest absolute Gasteiger partial charge is 0.494 e. The summed E-state index contributed by atoms with van der Waals surface area (Å²) < 4.78 is 17.3. The number of methoxy groups -OCH3 is 1. The highest BCUT2D eigenvalue weighted by molar-refractivity contribution is 6.11. The summed E-state index contributed by atoms with van der Waals surface area (Å²) in [4.78, 5) is 39.7. The van der Waals surface area contributed by atoms with E-state index in [0.29, 0.717) is 48.6 Å². The highest BCUT2D eigenvalue weighted by atomic mass is 16.5. The smallest absolute Gasteiger partial charge is 0.311 e. The van der Waals surface area contributed by atoms with Crippen molar-refractivity contribution in [3.8, 4) is 11.5 Å². The number of H-pyrrole nitrogens is 2. The third-order valence-electron chi connectivity index (χ3n) is 10.0. The van der Waals surface area contributed by atoms with Gasteiger partial charge in [-0.25, -0.2) is 4.99 Å². The number of Topliss-reactive ketones (excluding diaryl/α,β-unsaturated/α-hetero) is 1. The first kappa shape index (κ1) is 40.5. The maximum absolute atomic E-state index is 13.4. The fourth-order valence-corrected chi connectivity index (χ4v) is 7.08. The topological polar surface area (TPSA) is 109 Å². The van der Waals surface area contributed by atoms with E-state index in [1.807, 2.05) is 101 Å². The Morgan fingerprint density at radius 3 is 2.14 bits per heavy atom. The highest BCUT2D eigenvalue weighted by Gasteiger charge is 2.21. The molecule has 0 fully saturated rings. The second-order valence-corrected chi connectivity index (χ2v) is 14.4. The van der Waals surface area contributed by atoms with Gasteiger partial charge in [-0.3, -0.25) is 9.59 Å². The minimum absolute atomic E-state index is 0.0386. The standard InChI is InChI=1S/C48H52N4O5/c1-7-39(34-14-9-8-10-15-34)48(35-19-23-37(24-20-35)56-29-28-52(4)5)36-21-25-38(26-22-36)57-46(54)18-12-11-17-44(53)47-32(2)41(50-33(47)3)30-43-45(55-6)31-42(51-43)40-16-13-27-49-40/h8-10,13-16,19-27,30-31,49-50H,7,11-12,17-18,28-29H2,1-6H3/b43-30-,48-39+. The lowest BCUT2D eigenvalue weighted by Gasteiger charge is -2.17. The van der Waals surface area contributed by atoms with Gasteiger partial charge in [0, 0.05) is 48.6 Å². The molecule has 1 aliphatic rings. The molecule has 0 unspecified atom stereocenters. The lowest BCUT2D eigenvalue weighted by molar-refractivity contribution is -0.134. The number of esters is 1. The zero-order valence-corrected chi connectivity index (χ0v) is 33.8. The Labute approximate surface area is 335 Å². The van der Waals surface area contributed by atoms with E-state index < -0.39 is 0 Å². The van der Waals surface area contributed by atoms with Gasteiger partial charge in [-0.1, -0.05) is 61.5 Å². The molecule has 0 atom stereocenters. The lowest BCUT2D eigenvalue weighted by atomic mass is 9.88. The Bertz CT molecular complexity index is 2270. The number of aryl methyl sites for hydroxylation is 1. The zero-order valence-electron chi connectivity index (χ0n) is 33.8. The number of aromatic nitrogens is 2. The number of hydrogen-bond acceptors (Lipinski definition) is 7. The molecule has 1 aliphatic heterocycles. The van der Waals surface area contributed by atoms with Crippen LogP contribution in [0.5, 0.6) is 11.5 Å². The fraction of sp³-hybridized carbons (Fsp3) is 0.271. The third kappa shape index (κ3) is 10.2. The number of ether oxygens (including phenoxy) is 3. The van der Waals surface area contributed by atoms with Gasteiger partial charge >= 0.3 is 5.97 Å². The van der Waals surface area contributed by atoms with E-state index in [1.54, 1.807) is 7.11 Å². The van der Waals surface area contributed by atoms with Crippen LogP contribution in [0.4, 0.5) is 0 Å². The molecule has 0 saturated carbocycles. The zero-order chi connectivity index (χ0) is 40.3. The summed E-state index contributed by atoms with van der Waals surface area (Å²) in [6.45, 7) is 7.47. The number of benzene rings is 3. The molecule has 5 aromatic rings. The highest BCUT2D eigenvalue weighted by Crippen LogP contribution is 2.36. The molecule has 294 valence electrons. The van der Waals surface area contributed by atoms with Gasteiger partial charge in [0.15, 0.2) is 5.78 Å². The number of aromatic amines is 2. The lowest BCUT2D eigenvalue weighted by Crippen LogP contribution is -2.19. The number of carbonyl (C=O) groups excluding carboxylic acids is 2. The first-order valence-corrected chi connectivity index (χ1v) is 19.5. The molecular weight excluding hydrogens is 713 g/mol. The number of unbranched alkanes of at least 4 members (excludes halogenated alkanes) is 1. The van der Waals surface area contributed by atoms with E-state index in [4.69, 9.17) is 19.2 Å². The van der Waals surface area contributed by atoms with Crippen LogP contribution < -0.4 is 9.47 Å². The summed E-state index contributed by atoms with van der Waals surface area (Å²) in [6, 6.07) is 30.3. The Morgan fingerprint density at radius 2 is 1.51 bits per heavy atom. The van der Waals surface area contributed by atoms with Crippen LogP contribution >= 0.6 is 0 Å². The fourth-order valence-electron chi connectivity index (χ4n) is 7.08. The summed E-state index contributed by atoms with van der Waals surface area (Å²) in [7, 11) is 5.68. The second kappa shape index (κ2) is 19.1. The number of likely N-dealkylation sites (N-methyl/N-ethyl adjacent to an activating group) is 1. The number of nitrogens with one attached hydrogen (secondary N) is 2. The van der Waals surface area contributed by atoms with E-state index in [-0.39, 0.29) is 18.2 Å². The van der Waals surface area contributed by atoms with Crippen molar-refractivity contribution >= 4 is 34.7 Å². The van der Waals surface area contributed by atoms with Crippen LogP contribution in [0, 0.1) is 13.8 Å². The summed E-state index contributed by atoms with van der Waals surface area (Å²) in [5, 5.41) is 0. The molecule has 3 heterocycles. The molecule has 3 aromatic carbocycles. The van der Waals surface area contributed by atoms with Crippen LogP contribution in [0.15, 0.2) is 120 Å². The van der Waals surface area contributed by atoms with Crippen LogP contribution in [-0.2, 0) is 9.53 Å². The molecule has 0 amide bonds. The molecule has 0 radical (unpaired) electrons. The van der Waals surface area contributed by atoms with Gasteiger partial charge in [0.25, 0.3) is 0 Å². The van der Waals surface area contributed by atoms with Crippen molar-refractivity contribution in [1.82, 2.24) is 14.9 Å². The van der Waals surface area contributed by atoms with Gasteiger partial charge in [0.2, 0.25) is 0 Å². The van der Waals surface area contributed by atoms with Gasteiger partial charge in [0.1, 0.15) is 29.6 Å². The predicted molar refractivity (Wildman–Crippen MR) is 229 cm³/mol. The molecule has 57 heavy (non-hydrogen) atoms. The molecule has 9 heteroatoms. The summed E-state index contributed by atoms with van der Waals surface area (Å²) in [6.07, 6.45) is 8.15. The first-order valence-electron chi connectivity index (χ1n) is 19.5. The van der Waals surface area contributed by atoms with E-state index in [9.17, 15) is 9.59 Å². The number of carbonyl (C=O) groups is 2. The third-order valence-corrected chi connectivity index (χ3v) is 10.0. The van der Waals surface area contributed by atoms with Crippen molar-refractivity contribution in [2.45, 2.75) is 52.9 Å². The molecular formula is C48H52N4O5. The Balaban J connectivity index is 1.06. The molecule has 9 nitrogen and oxygen atoms in total. The molecule has 6 rings (SSSR count). The monoisotopic (exact) mass is 764 g/mol. The van der Waals surface area contributed by atoms with Crippen molar-refractivity contribution < 1.29 is 23.8 Å². The van der Waals surface area contributed by atoms with E-state index in [1.165, 1.54) is 5.57 Å². The second-order valence-electron chi connectivity index (χ2n) is 14.4.